The lowest BCUT2D eigenvalue weighted by Gasteiger charge is -2.21. The Kier molecular flexibility index (Phi) is 5.63. The van der Waals surface area contributed by atoms with Crippen LogP contribution < -0.4 is 9.47 Å². The van der Waals surface area contributed by atoms with Gasteiger partial charge in [0, 0.05) is 25.0 Å². The Labute approximate surface area is 153 Å². The molecule has 6 heteroatoms. The van der Waals surface area contributed by atoms with E-state index in [1.165, 1.54) is 13.8 Å². The molecule has 1 aromatic carbocycles. The van der Waals surface area contributed by atoms with Gasteiger partial charge in [0.05, 0.1) is 25.4 Å². The van der Waals surface area contributed by atoms with Gasteiger partial charge in [-0.2, -0.15) is 0 Å². The molecule has 142 valence electrons. The highest BCUT2D eigenvalue weighted by atomic mass is 16.5. The highest BCUT2D eigenvalue weighted by Crippen LogP contribution is 2.45. The molecular formula is C20H26O6. The maximum absolute atomic E-state index is 11.6. The minimum absolute atomic E-state index is 0.189. The van der Waals surface area contributed by atoms with Crippen LogP contribution in [0.3, 0.4) is 0 Å². The zero-order valence-corrected chi connectivity index (χ0v) is 15.7. The molecule has 0 unspecified atom stereocenters. The third-order valence-corrected chi connectivity index (χ3v) is 4.74. The predicted molar refractivity (Wildman–Crippen MR) is 94.0 cm³/mol. The molecule has 0 radical (unpaired) electrons. The van der Waals surface area contributed by atoms with Crippen molar-refractivity contribution in [2.75, 3.05) is 13.2 Å². The van der Waals surface area contributed by atoms with E-state index in [4.69, 9.17) is 18.9 Å². The van der Waals surface area contributed by atoms with Gasteiger partial charge < -0.3 is 18.9 Å². The molecule has 2 fully saturated rings. The first-order valence-electron chi connectivity index (χ1n) is 9.11. The lowest BCUT2D eigenvalue weighted by molar-refractivity contribution is -0.133. The summed E-state index contributed by atoms with van der Waals surface area (Å²) in [6, 6.07) is 3.54. The minimum atomic E-state index is -0.399. The van der Waals surface area contributed by atoms with Crippen LogP contribution in [-0.2, 0) is 19.1 Å². The maximum atomic E-state index is 11.6. The van der Waals surface area contributed by atoms with E-state index in [1.54, 1.807) is 12.1 Å². The van der Waals surface area contributed by atoms with Crippen molar-refractivity contribution < 1.29 is 28.5 Å². The summed E-state index contributed by atoms with van der Waals surface area (Å²) >= 11 is 0. The number of carbonyl (C=O) groups is 2. The first-order chi connectivity index (χ1) is 12.3. The average Bonchev–Trinajstić information content (AvgIpc) is 3.16. The SMILES string of the molecule is CC(=O)Oc1cc([C@H]2C[C@@H](C)CO2)c(OC(C)=O)cc1[C@@H]1C[C@@H](C)CO1. The summed E-state index contributed by atoms with van der Waals surface area (Å²) in [4.78, 5) is 23.2. The van der Waals surface area contributed by atoms with Crippen LogP contribution >= 0.6 is 0 Å². The monoisotopic (exact) mass is 362 g/mol. The molecule has 0 saturated carbocycles. The molecule has 2 aliphatic rings. The van der Waals surface area contributed by atoms with E-state index < -0.39 is 11.9 Å². The van der Waals surface area contributed by atoms with Crippen LogP contribution in [-0.4, -0.2) is 25.2 Å². The average molecular weight is 362 g/mol. The highest BCUT2D eigenvalue weighted by Gasteiger charge is 2.32. The van der Waals surface area contributed by atoms with Crippen LogP contribution in [0.15, 0.2) is 12.1 Å². The van der Waals surface area contributed by atoms with Crippen LogP contribution in [0.4, 0.5) is 0 Å². The van der Waals surface area contributed by atoms with Gasteiger partial charge in [-0.3, -0.25) is 9.59 Å². The van der Waals surface area contributed by atoms with Gasteiger partial charge in [-0.15, -0.1) is 0 Å². The van der Waals surface area contributed by atoms with E-state index in [0.717, 1.165) is 24.0 Å². The Morgan fingerprint density at radius 1 is 0.846 bits per heavy atom. The van der Waals surface area contributed by atoms with E-state index in [2.05, 4.69) is 13.8 Å². The largest absolute Gasteiger partial charge is 0.426 e. The van der Waals surface area contributed by atoms with Gasteiger partial charge in [0.2, 0.25) is 0 Å². The van der Waals surface area contributed by atoms with E-state index in [-0.39, 0.29) is 12.2 Å². The molecule has 2 aliphatic heterocycles. The van der Waals surface area contributed by atoms with Crippen molar-refractivity contribution in [2.45, 2.75) is 52.7 Å². The number of carbonyl (C=O) groups excluding carboxylic acids is 2. The van der Waals surface area contributed by atoms with Crippen molar-refractivity contribution in [1.29, 1.82) is 0 Å². The fourth-order valence-corrected chi connectivity index (χ4v) is 3.58. The van der Waals surface area contributed by atoms with Crippen molar-refractivity contribution >= 4 is 11.9 Å². The van der Waals surface area contributed by atoms with Crippen molar-refractivity contribution in [1.82, 2.24) is 0 Å². The molecule has 26 heavy (non-hydrogen) atoms. The summed E-state index contributed by atoms with van der Waals surface area (Å²) in [7, 11) is 0. The van der Waals surface area contributed by atoms with Crippen molar-refractivity contribution in [3.8, 4) is 11.5 Å². The molecule has 1 aromatic rings. The van der Waals surface area contributed by atoms with Gasteiger partial charge >= 0.3 is 11.9 Å². The normalized spacial score (nSPS) is 28.2. The van der Waals surface area contributed by atoms with Crippen molar-refractivity contribution in [3.63, 3.8) is 0 Å². The maximum Gasteiger partial charge on any atom is 0.308 e. The van der Waals surface area contributed by atoms with E-state index in [0.29, 0.717) is 36.5 Å². The fourth-order valence-electron chi connectivity index (χ4n) is 3.58. The Balaban J connectivity index is 2.04. The Hall–Kier alpha value is -1.92. The second-order valence-electron chi connectivity index (χ2n) is 7.44. The van der Waals surface area contributed by atoms with Gasteiger partial charge in [0.25, 0.3) is 0 Å². The van der Waals surface area contributed by atoms with Gasteiger partial charge in [-0.25, -0.2) is 0 Å². The summed E-state index contributed by atoms with van der Waals surface area (Å²) < 4.78 is 22.6. The lowest BCUT2D eigenvalue weighted by atomic mass is 9.95. The van der Waals surface area contributed by atoms with Gasteiger partial charge in [-0.05, 0) is 36.8 Å². The number of rotatable bonds is 4. The molecule has 2 saturated heterocycles. The molecule has 0 bridgehead atoms. The minimum Gasteiger partial charge on any atom is -0.426 e. The number of esters is 2. The molecule has 3 rings (SSSR count). The third kappa shape index (κ3) is 4.24. The smallest absolute Gasteiger partial charge is 0.308 e. The molecule has 6 nitrogen and oxygen atoms in total. The molecule has 0 aromatic heterocycles. The van der Waals surface area contributed by atoms with E-state index >= 15 is 0 Å². The van der Waals surface area contributed by atoms with Crippen molar-refractivity contribution in [2.24, 2.45) is 11.8 Å². The second kappa shape index (κ2) is 7.76. The second-order valence-corrected chi connectivity index (χ2v) is 7.44. The number of hydrogen-bond donors (Lipinski definition) is 0. The Morgan fingerprint density at radius 3 is 1.50 bits per heavy atom. The summed E-state index contributed by atoms with van der Waals surface area (Å²) in [5.74, 6) is 0.937. The van der Waals surface area contributed by atoms with E-state index in [1.807, 2.05) is 0 Å². The van der Waals surface area contributed by atoms with E-state index in [9.17, 15) is 9.59 Å². The van der Waals surface area contributed by atoms with Crippen molar-refractivity contribution in [3.05, 3.63) is 23.3 Å². The first kappa shape index (κ1) is 18.9. The number of hydrogen-bond acceptors (Lipinski definition) is 6. The summed E-state index contributed by atoms with van der Waals surface area (Å²) in [5, 5.41) is 0. The molecule has 0 spiro atoms. The number of ether oxygens (including phenoxy) is 4. The summed E-state index contributed by atoms with van der Waals surface area (Å²) in [6.45, 7) is 8.27. The highest BCUT2D eigenvalue weighted by molar-refractivity contribution is 5.72. The van der Waals surface area contributed by atoms with Crippen LogP contribution in [0, 0.1) is 11.8 Å². The van der Waals surface area contributed by atoms with Gasteiger partial charge in [-0.1, -0.05) is 13.8 Å². The standard InChI is InChI=1S/C20H26O6/c1-11-5-17(23-9-11)15-7-20(26-14(4)22)16(8-19(15)25-13(3)21)18-6-12(2)10-24-18/h7-8,11-12,17-18H,5-6,9-10H2,1-4H3/t11-,12-,17-,18+/m1/s1. The molecule has 2 heterocycles. The molecule has 0 amide bonds. The molecule has 0 N–H and O–H groups in total. The predicted octanol–water partition coefficient (Wildman–Crippen LogP) is 3.73. The summed E-state index contributed by atoms with van der Waals surface area (Å²) in [5.41, 5.74) is 1.46. The Bertz CT molecular complexity index is 638. The molecule has 4 atom stereocenters. The fraction of sp³-hybridized carbons (Fsp3) is 0.600. The van der Waals surface area contributed by atoms with Crippen LogP contribution in [0.5, 0.6) is 11.5 Å². The van der Waals surface area contributed by atoms with Gasteiger partial charge in [0.1, 0.15) is 11.5 Å². The number of benzene rings is 1. The van der Waals surface area contributed by atoms with Gasteiger partial charge in [0.15, 0.2) is 0 Å². The topological polar surface area (TPSA) is 71.1 Å². The first-order valence-corrected chi connectivity index (χ1v) is 9.11. The third-order valence-electron chi connectivity index (χ3n) is 4.74. The molecular weight excluding hydrogens is 336 g/mol. The lowest BCUT2D eigenvalue weighted by Crippen LogP contribution is -2.12. The van der Waals surface area contributed by atoms with Crippen LogP contribution in [0.2, 0.25) is 0 Å². The molecule has 0 aliphatic carbocycles. The quantitative estimate of drug-likeness (QED) is 0.600. The van der Waals surface area contributed by atoms with Crippen LogP contribution in [0.1, 0.15) is 63.9 Å². The Morgan fingerprint density at radius 2 is 1.23 bits per heavy atom. The van der Waals surface area contributed by atoms with Crippen LogP contribution in [0.25, 0.3) is 0 Å². The zero-order chi connectivity index (χ0) is 18.8. The zero-order valence-electron chi connectivity index (χ0n) is 15.7. The summed E-state index contributed by atoms with van der Waals surface area (Å²) in [6.07, 6.45) is 1.27.